The lowest BCUT2D eigenvalue weighted by molar-refractivity contribution is 0.175. The summed E-state index contributed by atoms with van der Waals surface area (Å²) in [6.07, 6.45) is 1.62. The van der Waals surface area contributed by atoms with Crippen LogP contribution in [0, 0.1) is 5.82 Å². The third kappa shape index (κ3) is 3.07. The zero-order valence-electron chi connectivity index (χ0n) is 14.4. The van der Waals surface area contributed by atoms with E-state index >= 15 is 0 Å². The van der Waals surface area contributed by atoms with Crippen LogP contribution in [0.3, 0.4) is 0 Å². The van der Waals surface area contributed by atoms with Gasteiger partial charge in [0.25, 0.3) is 0 Å². The molecule has 3 aromatic rings. The molecule has 0 spiro atoms. The van der Waals surface area contributed by atoms with Crippen molar-refractivity contribution in [3.8, 4) is 0 Å². The normalized spacial score (nSPS) is 20.1. The van der Waals surface area contributed by atoms with Crippen molar-refractivity contribution in [3.63, 3.8) is 0 Å². The molecule has 4 rings (SSSR count). The molecule has 0 N–H and O–H groups in total. The van der Waals surface area contributed by atoms with E-state index in [-0.39, 0.29) is 11.9 Å². The fourth-order valence-electron chi connectivity index (χ4n) is 3.53. The monoisotopic (exact) mass is 340 g/mol. The number of halogens is 1. The average molecular weight is 340 g/mol. The molecule has 130 valence electrons. The Bertz CT molecular complexity index is 879. The SMILES string of the molecule is C[C@@H]1CN([C@@H](C)c2cccc(F)c2)CCN1c1ccc2nncn2n1. The number of benzene rings is 1. The van der Waals surface area contributed by atoms with Crippen molar-refractivity contribution >= 4 is 11.5 Å². The van der Waals surface area contributed by atoms with Crippen LogP contribution in [0.2, 0.25) is 0 Å². The van der Waals surface area contributed by atoms with Gasteiger partial charge in [-0.15, -0.1) is 15.3 Å². The third-order valence-corrected chi connectivity index (χ3v) is 4.98. The molecule has 0 radical (unpaired) electrons. The Morgan fingerprint density at radius 2 is 2.08 bits per heavy atom. The molecule has 3 heterocycles. The van der Waals surface area contributed by atoms with Crippen LogP contribution in [0.25, 0.3) is 5.65 Å². The summed E-state index contributed by atoms with van der Waals surface area (Å²) in [4.78, 5) is 4.70. The summed E-state index contributed by atoms with van der Waals surface area (Å²) in [5.41, 5.74) is 1.76. The molecule has 1 aromatic carbocycles. The minimum atomic E-state index is -0.178. The first-order valence-corrected chi connectivity index (χ1v) is 8.55. The Hall–Kier alpha value is -2.54. The van der Waals surface area contributed by atoms with Crippen molar-refractivity contribution < 1.29 is 4.39 Å². The number of aromatic nitrogens is 4. The van der Waals surface area contributed by atoms with E-state index in [0.29, 0.717) is 6.04 Å². The van der Waals surface area contributed by atoms with Crippen molar-refractivity contribution in [3.05, 3.63) is 54.1 Å². The van der Waals surface area contributed by atoms with Crippen LogP contribution in [0.5, 0.6) is 0 Å². The second-order valence-electron chi connectivity index (χ2n) is 6.59. The number of hydrogen-bond acceptors (Lipinski definition) is 5. The Kier molecular flexibility index (Phi) is 4.09. The Morgan fingerprint density at radius 3 is 2.88 bits per heavy atom. The second kappa shape index (κ2) is 6.40. The third-order valence-electron chi connectivity index (χ3n) is 4.98. The van der Waals surface area contributed by atoms with Gasteiger partial charge in [0.15, 0.2) is 5.65 Å². The molecule has 0 bridgehead atoms. The zero-order chi connectivity index (χ0) is 17.4. The largest absolute Gasteiger partial charge is 0.350 e. The van der Waals surface area contributed by atoms with Crippen LogP contribution in [0.4, 0.5) is 10.2 Å². The van der Waals surface area contributed by atoms with Crippen LogP contribution in [-0.4, -0.2) is 50.4 Å². The maximum absolute atomic E-state index is 13.5. The predicted molar refractivity (Wildman–Crippen MR) is 94.0 cm³/mol. The highest BCUT2D eigenvalue weighted by molar-refractivity contribution is 5.46. The summed E-state index contributed by atoms with van der Waals surface area (Å²) in [5, 5.41) is 12.5. The van der Waals surface area contributed by atoms with Crippen LogP contribution in [-0.2, 0) is 0 Å². The maximum atomic E-state index is 13.5. The van der Waals surface area contributed by atoms with Gasteiger partial charge < -0.3 is 4.90 Å². The summed E-state index contributed by atoms with van der Waals surface area (Å²) in [5.74, 6) is 0.750. The smallest absolute Gasteiger partial charge is 0.177 e. The lowest BCUT2D eigenvalue weighted by atomic mass is 10.0. The van der Waals surface area contributed by atoms with Gasteiger partial charge in [-0.1, -0.05) is 12.1 Å². The quantitative estimate of drug-likeness (QED) is 0.733. The molecule has 0 unspecified atom stereocenters. The number of piperazine rings is 1. The first-order chi connectivity index (χ1) is 12.1. The number of fused-ring (bicyclic) bond motifs is 1. The number of nitrogens with zero attached hydrogens (tertiary/aromatic N) is 6. The molecule has 7 heteroatoms. The molecule has 1 saturated heterocycles. The van der Waals surface area contributed by atoms with E-state index in [4.69, 9.17) is 0 Å². The van der Waals surface area contributed by atoms with Gasteiger partial charge in [-0.2, -0.15) is 4.52 Å². The van der Waals surface area contributed by atoms with Crippen molar-refractivity contribution in [2.45, 2.75) is 25.9 Å². The van der Waals surface area contributed by atoms with Crippen molar-refractivity contribution in [1.82, 2.24) is 24.7 Å². The topological polar surface area (TPSA) is 49.6 Å². The summed E-state index contributed by atoms with van der Waals surface area (Å²) >= 11 is 0. The lowest BCUT2D eigenvalue weighted by Gasteiger charge is -2.43. The second-order valence-corrected chi connectivity index (χ2v) is 6.59. The van der Waals surface area contributed by atoms with E-state index in [1.54, 1.807) is 23.0 Å². The highest BCUT2D eigenvalue weighted by Crippen LogP contribution is 2.26. The van der Waals surface area contributed by atoms with Gasteiger partial charge in [0, 0.05) is 31.7 Å². The Balaban J connectivity index is 1.49. The van der Waals surface area contributed by atoms with Crippen molar-refractivity contribution in [2.24, 2.45) is 0 Å². The molecule has 1 aliphatic heterocycles. The van der Waals surface area contributed by atoms with Crippen LogP contribution < -0.4 is 4.90 Å². The van der Waals surface area contributed by atoms with E-state index in [9.17, 15) is 4.39 Å². The Labute approximate surface area is 145 Å². The molecule has 25 heavy (non-hydrogen) atoms. The van der Waals surface area contributed by atoms with Crippen LogP contribution in [0.15, 0.2) is 42.7 Å². The van der Waals surface area contributed by atoms with E-state index in [0.717, 1.165) is 36.7 Å². The maximum Gasteiger partial charge on any atom is 0.177 e. The van der Waals surface area contributed by atoms with E-state index in [1.165, 1.54) is 6.07 Å². The highest BCUT2D eigenvalue weighted by atomic mass is 19.1. The fraction of sp³-hybridized carbons (Fsp3) is 0.389. The van der Waals surface area contributed by atoms with Gasteiger partial charge in [0.1, 0.15) is 18.0 Å². The van der Waals surface area contributed by atoms with E-state index in [2.05, 4.69) is 38.9 Å². The summed E-state index contributed by atoms with van der Waals surface area (Å²) in [6, 6.07) is 11.3. The average Bonchev–Trinajstić information content (AvgIpc) is 3.08. The predicted octanol–water partition coefficient (Wildman–Crippen LogP) is 2.54. The Morgan fingerprint density at radius 1 is 1.20 bits per heavy atom. The molecular formula is C18H21FN6. The molecule has 0 aliphatic carbocycles. The van der Waals surface area contributed by atoms with Gasteiger partial charge in [-0.25, -0.2) is 4.39 Å². The lowest BCUT2D eigenvalue weighted by Crippen LogP contribution is -2.52. The number of rotatable bonds is 3. The van der Waals surface area contributed by atoms with Gasteiger partial charge in [-0.3, -0.25) is 4.90 Å². The van der Waals surface area contributed by atoms with Gasteiger partial charge in [0.05, 0.1) is 0 Å². The van der Waals surface area contributed by atoms with Crippen molar-refractivity contribution in [1.29, 1.82) is 0 Å². The summed E-state index contributed by atoms with van der Waals surface area (Å²) in [7, 11) is 0. The minimum absolute atomic E-state index is 0.178. The molecular weight excluding hydrogens is 319 g/mol. The molecule has 2 aromatic heterocycles. The molecule has 1 fully saturated rings. The van der Waals surface area contributed by atoms with E-state index < -0.39 is 0 Å². The molecule has 1 aliphatic rings. The van der Waals surface area contributed by atoms with Gasteiger partial charge in [0.2, 0.25) is 0 Å². The highest BCUT2D eigenvalue weighted by Gasteiger charge is 2.28. The molecule has 2 atom stereocenters. The van der Waals surface area contributed by atoms with Gasteiger partial charge in [-0.05, 0) is 43.7 Å². The number of anilines is 1. The minimum Gasteiger partial charge on any atom is -0.350 e. The standard InChI is InChI=1S/C18H21FN6/c1-13-11-23(14(2)15-4-3-5-16(19)10-15)8-9-24(13)18-7-6-17-21-20-12-25(17)22-18/h3-7,10,12-14H,8-9,11H2,1-2H3/t13-,14+/m1/s1. The van der Waals surface area contributed by atoms with Gasteiger partial charge >= 0.3 is 0 Å². The van der Waals surface area contributed by atoms with E-state index in [1.807, 2.05) is 18.2 Å². The first kappa shape index (κ1) is 16.0. The summed E-state index contributed by atoms with van der Waals surface area (Å²) < 4.78 is 15.2. The van der Waals surface area contributed by atoms with Crippen LogP contribution >= 0.6 is 0 Å². The zero-order valence-corrected chi connectivity index (χ0v) is 14.4. The number of hydrogen-bond donors (Lipinski definition) is 0. The van der Waals surface area contributed by atoms with Crippen LogP contribution in [0.1, 0.15) is 25.5 Å². The summed E-state index contributed by atoms with van der Waals surface area (Å²) in [6.45, 7) is 7.02. The molecule has 6 nitrogen and oxygen atoms in total. The molecule has 0 amide bonds. The first-order valence-electron chi connectivity index (χ1n) is 8.55. The van der Waals surface area contributed by atoms with Crippen molar-refractivity contribution in [2.75, 3.05) is 24.5 Å². The molecule has 0 saturated carbocycles. The fourth-order valence-corrected chi connectivity index (χ4v) is 3.53.